The van der Waals surface area contributed by atoms with Gasteiger partial charge in [-0.3, -0.25) is 19.9 Å². The van der Waals surface area contributed by atoms with E-state index in [-0.39, 0.29) is 23.7 Å². The molecule has 2 aromatic carbocycles. The molecule has 0 fully saturated rings. The number of nitro benzene ring substituents is 1. The first-order valence-electron chi connectivity index (χ1n) is 10.4. The first-order valence-corrected chi connectivity index (χ1v) is 10.4. The number of benzene rings is 2. The van der Waals surface area contributed by atoms with Crippen molar-refractivity contribution in [2.45, 2.75) is 12.5 Å². The number of imidazole rings is 1. The molecule has 4 aromatic rings. The summed E-state index contributed by atoms with van der Waals surface area (Å²) in [6, 6.07) is 17.8. The van der Waals surface area contributed by atoms with Crippen LogP contribution in [0, 0.1) is 10.1 Å². The molecule has 1 unspecified atom stereocenters. The lowest BCUT2D eigenvalue weighted by Gasteiger charge is -2.17. The van der Waals surface area contributed by atoms with Crippen LogP contribution in [0.25, 0.3) is 5.69 Å². The van der Waals surface area contributed by atoms with E-state index in [9.17, 15) is 14.9 Å². The fourth-order valence-corrected chi connectivity index (χ4v) is 3.35. The van der Waals surface area contributed by atoms with Gasteiger partial charge in [-0.25, -0.2) is 4.98 Å². The highest BCUT2D eigenvalue weighted by atomic mass is 16.6. The zero-order valence-electron chi connectivity index (χ0n) is 18.0. The van der Waals surface area contributed by atoms with Gasteiger partial charge in [0.25, 0.3) is 5.69 Å². The van der Waals surface area contributed by atoms with Crippen molar-refractivity contribution in [3.8, 4) is 5.69 Å². The van der Waals surface area contributed by atoms with Crippen LogP contribution in [0.2, 0.25) is 0 Å². The van der Waals surface area contributed by atoms with Crippen molar-refractivity contribution in [3.63, 3.8) is 0 Å². The second-order valence-electron chi connectivity index (χ2n) is 7.39. The number of ketones is 1. The van der Waals surface area contributed by atoms with Gasteiger partial charge in [-0.2, -0.15) is 5.10 Å². The number of nitrogens with one attached hydrogen (secondary N) is 1. The number of nitro groups is 1. The molecule has 2 heterocycles. The first kappa shape index (κ1) is 22.3. The highest BCUT2D eigenvalue weighted by molar-refractivity contribution is 5.97. The molecule has 3 N–H and O–H groups in total. The Kier molecular flexibility index (Phi) is 6.68. The Morgan fingerprint density at radius 3 is 2.62 bits per heavy atom. The predicted molar refractivity (Wildman–Crippen MR) is 126 cm³/mol. The normalized spacial score (nSPS) is 12.2. The molecule has 4 rings (SSSR count). The number of carbonyl (C=O) groups is 1. The molecular formula is C24H21N7O3. The molecule has 0 amide bonds. The maximum absolute atomic E-state index is 13.1. The maximum Gasteiger partial charge on any atom is 0.269 e. The smallest absolute Gasteiger partial charge is 0.269 e. The predicted octanol–water partition coefficient (Wildman–Crippen LogP) is 3.40. The molecule has 0 radical (unpaired) electrons. The fraction of sp³-hybridized carbons (Fsp3) is 0.0833. The minimum atomic E-state index is -0.650. The van der Waals surface area contributed by atoms with Gasteiger partial charge < -0.3 is 15.7 Å². The van der Waals surface area contributed by atoms with Crippen molar-refractivity contribution in [2.75, 3.05) is 0 Å². The fourth-order valence-electron chi connectivity index (χ4n) is 3.35. The van der Waals surface area contributed by atoms with E-state index in [4.69, 9.17) is 5.73 Å². The van der Waals surface area contributed by atoms with E-state index in [1.54, 1.807) is 61.2 Å². The summed E-state index contributed by atoms with van der Waals surface area (Å²) >= 11 is 0. The van der Waals surface area contributed by atoms with Crippen molar-refractivity contribution in [2.24, 2.45) is 10.8 Å². The number of amidine groups is 1. The lowest BCUT2D eigenvalue weighted by molar-refractivity contribution is -0.384. The third-order valence-electron chi connectivity index (χ3n) is 5.13. The van der Waals surface area contributed by atoms with Crippen LogP contribution in [0.15, 0.2) is 96.7 Å². The van der Waals surface area contributed by atoms with E-state index >= 15 is 0 Å². The molecular weight excluding hydrogens is 434 g/mol. The van der Waals surface area contributed by atoms with Crippen LogP contribution >= 0.6 is 0 Å². The second kappa shape index (κ2) is 10.2. The van der Waals surface area contributed by atoms with E-state index in [1.165, 1.54) is 12.1 Å². The number of hydrazone groups is 1. The van der Waals surface area contributed by atoms with Gasteiger partial charge in [-0.05, 0) is 42.0 Å². The minimum Gasteiger partial charge on any atom is -0.380 e. The van der Waals surface area contributed by atoms with Crippen molar-refractivity contribution < 1.29 is 9.72 Å². The maximum atomic E-state index is 13.1. The van der Waals surface area contributed by atoms with E-state index in [0.717, 1.165) is 5.69 Å². The number of carbonyl (C=O) groups excluding carboxylic acids is 1. The molecule has 2 aromatic heterocycles. The summed E-state index contributed by atoms with van der Waals surface area (Å²) in [6.07, 6.45) is 6.75. The molecule has 170 valence electrons. The largest absolute Gasteiger partial charge is 0.380 e. The molecule has 0 aliphatic heterocycles. The number of hydrogen-bond acceptors (Lipinski definition) is 7. The molecule has 10 nitrogen and oxygen atoms in total. The topological polar surface area (TPSA) is 141 Å². The van der Waals surface area contributed by atoms with Crippen molar-refractivity contribution in [3.05, 3.63) is 119 Å². The van der Waals surface area contributed by atoms with Crippen molar-refractivity contribution >= 4 is 17.3 Å². The summed E-state index contributed by atoms with van der Waals surface area (Å²) < 4.78 is 1.83. The summed E-state index contributed by atoms with van der Waals surface area (Å²) in [6.45, 7) is 0. The summed E-state index contributed by atoms with van der Waals surface area (Å²) in [5, 5.41) is 15.4. The molecule has 0 aliphatic carbocycles. The molecule has 34 heavy (non-hydrogen) atoms. The lowest BCUT2D eigenvalue weighted by atomic mass is 9.98. The van der Waals surface area contributed by atoms with Gasteiger partial charge in [0, 0.05) is 48.4 Å². The third kappa shape index (κ3) is 5.30. The zero-order chi connectivity index (χ0) is 23.9. The van der Waals surface area contributed by atoms with Crippen LogP contribution < -0.4 is 11.2 Å². The highest BCUT2D eigenvalue weighted by Crippen LogP contribution is 2.24. The molecule has 10 heteroatoms. The number of nitrogens with two attached hydrogens (primary N) is 1. The van der Waals surface area contributed by atoms with Gasteiger partial charge in [0.1, 0.15) is 5.69 Å². The van der Waals surface area contributed by atoms with Crippen LogP contribution in [0.4, 0.5) is 5.69 Å². The standard InChI is InChI=1S/C24H21N7O3/c25-24(21-6-1-2-11-27-21)29-28-22(18-4-3-5-20(14-18)31(33)34)15-23(32)17-7-9-19(10-8-17)30-13-12-26-16-30/h1-14,16,22,28H,15H2,(H2,25,29). The molecule has 0 spiro atoms. The van der Waals surface area contributed by atoms with E-state index in [1.807, 2.05) is 22.9 Å². The average molecular weight is 455 g/mol. The van der Waals surface area contributed by atoms with E-state index < -0.39 is 11.0 Å². The summed E-state index contributed by atoms with van der Waals surface area (Å²) in [5.74, 6) is -0.0269. The number of Topliss-reactive ketones (excluding diaryl/α,β-unsaturated/α-hetero) is 1. The summed E-state index contributed by atoms with van der Waals surface area (Å²) in [5.41, 5.74) is 11.2. The van der Waals surface area contributed by atoms with Crippen LogP contribution in [-0.4, -0.2) is 31.1 Å². The Hall–Kier alpha value is -4.86. The van der Waals surface area contributed by atoms with Crippen LogP contribution in [0.3, 0.4) is 0 Å². The first-order chi connectivity index (χ1) is 16.5. The van der Waals surface area contributed by atoms with Gasteiger partial charge in [-0.1, -0.05) is 18.2 Å². The van der Waals surface area contributed by atoms with Crippen molar-refractivity contribution in [1.82, 2.24) is 20.0 Å². The van der Waals surface area contributed by atoms with E-state index in [0.29, 0.717) is 16.8 Å². The van der Waals surface area contributed by atoms with Gasteiger partial charge >= 0.3 is 0 Å². The Labute approximate surface area is 194 Å². The van der Waals surface area contributed by atoms with E-state index in [2.05, 4.69) is 20.5 Å². The highest BCUT2D eigenvalue weighted by Gasteiger charge is 2.20. The average Bonchev–Trinajstić information content (AvgIpc) is 3.42. The Morgan fingerprint density at radius 2 is 1.94 bits per heavy atom. The molecule has 0 bridgehead atoms. The Morgan fingerprint density at radius 1 is 1.12 bits per heavy atom. The number of aromatic nitrogens is 3. The SMILES string of the molecule is N/C(=N/NC(CC(=O)c1ccc(-n2ccnc2)cc1)c1cccc([N+](=O)[O-])c1)c1ccccn1. The minimum absolute atomic E-state index is 0.00455. The van der Waals surface area contributed by atoms with Crippen molar-refractivity contribution in [1.29, 1.82) is 0 Å². The second-order valence-corrected chi connectivity index (χ2v) is 7.39. The molecule has 1 atom stereocenters. The molecule has 0 saturated carbocycles. The third-order valence-corrected chi connectivity index (χ3v) is 5.13. The zero-order valence-corrected chi connectivity index (χ0v) is 18.0. The number of nitrogens with zero attached hydrogens (tertiary/aromatic N) is 5. The number of hydrogen-bond donors (Lipinski definition) is 2. The summed E-state index contributed by atoms with van der Waals surface area (Å²) in [4.78, 5) is 32.0. The monoisotopic (exact) mass is 455 g/mol. The van der Waals surface area contributed by atoms with Gasteiger partial charge in [-0.15, -0.1) is 0 Å². The van der Waals surface area contributed by atoms with Crippen LogP contribution in [0.1, 0.15) is 34.1 Å². The molecule has 0 aliphatic rings. The van der Waals surface area contributed by atoms with Crippen LogP contribution in [0.5, 0.6) is 0 Å². The number of pyridine rings is 1. The van der Waals surface area contributed by atoms with Gasteiger partial charge in [0.15, 0.2) is 11.6 Å². The number of rotatable bonds is 9. The summed E-state index contributed by atoms with van der Waals surface area (Å²) in [7, 11) is 0. The lowest BCUT2D eigenvalue weighted by Crippen LogP contribution is -2.25. The number of non-ortho nitro benzene ring substituents is 1. The Bertz CT molecular complexity index is 1300. The van der Waals surface area contributed by atoms with Gasteiger partial charge in [0.2, 0.25) is 0 Å². The quantitative estimate of drug-likeness (QED) is 0.129. The van der Waals surface area contributed by atoms with Gasteiger partial charge in [0.05, 0.1) is 17.3 Å². The van der Waals surface area contributed by atoms with Crippen LogP contribution in [-0.2, 0) is 0 Å². The molecule has 0 saturated heterocycles. The Balaban J connectivity index is 1.58.